The van der Waals surface area contributed by atoms with Crippen molar-refractivity contribution in [2.45, 2.75) is 40.0 Å². The number of nitrogens with one attached hydrogen (secondary N) is 1. The molecule has 5 heteroatoms. The van der Waals surface area contributed by atoms with Crippen molar-refractivity contribution >= 4 is 0 Å². The lowest BCUT2D eigenvalue weighted by Crippen LogP contribution is -2.21. The van der Waals surface area contributed by atoms with E-state index in [-0.39, 0.29) is 5.82 Å². The molecule has 0 aliphatic rings. The van der Waals surface area contributed by atoms with Gasteiger partial charge in [-0.1, -0.05) is 13.8 Å². The maximum atomic E-state index is 13.6. The molecule has 0 aliphatic heterocycles. The third kappa shape index (κ3) is 4.56. The van der Waals surface area contributed by atoms with Gasteiger partial charge in [0, 0.05) is 25.7 Å². The molecule has 0 aliphatic carbocycles. The van der Waals surface area contributed by atoms with Crippen molar-refractivity contribution in [2.24, 2.45) is 7.05 Å². The molecule has 0 saturated heterocycles. The summed E-state index contributed by atoms with van der Waals surface area (Å²) in [4.78, 5) is 0. The lowest BCUT2D eigenvalue weighted by molar-refractivity contribution is 0.293. The monoisotopic (exact) mass is 291 g/mol. The Hall–Kier alpha value is -1.88. The molecule has 4 nitrogen and oxygen atoms in total. The minimum atomic E-state index is -0.283. The Morgan fingerprint density at radius 3 is 2.67 bits per heavy atom. The van der Waals surface area contributed by atoms with Crippen LogP contribution in [0.4, 0.5) is 4.39 Å². The molecule has 1 aromatic heterocycles. The molecule has 1 aromatic carbocycles. The fourth-order valence-electron chi connectivity index (χ4n) is 2.08. The molecule has 114 valence electrons. The topological polar surface area (TPSA) is 39.1 Å². The first kappa shape index (κ1) is 15.5. The van der Waals surface area contributed by atoms with Crippen molar-refractivity contribution in [2.75, 3.05) is 0 Å². The lowest BCUT2D eigenvalue weighted by Gasteiger charge is -2.11. The van der Waals surface area contributed by atoms with Gasteiger partial charge >= 0.3 is 0 Å². The highest BCUT2D eigenvalue weighted by molar-refractivity contribution is 5.30. The van der Waals surface area contributed by atoms with E-state index in [0.29, 0.717) is 24.9 Å². The van der Waals surface area contributed by atoms with Crippen LogP contribution in [-0.4, -0.2) is 15.8 Å². The van der Waals surface area contributed by atoms with Crippen molar-refractivity contribution in [3.8, 4) is 5.75 Å². The third-order valence-corrected chi connectivity index (χ3v) is 3.13. The van der Waals surface area contributed by atoms with E-state index < -0.39 is 0 Å². The highest BCUT2D eigenvalue weighted by Crippen LogP contribution is 2.18. The molecule has 0 atom stereocenters. The molecule has 0 radical (unpaired) electrons. The van der Waals surface area contributed by atoms with Crippen LogP contribution in [0.25, 0.3) is 0 Å². The van der Waals surface area contributed by atoms with Gasteiger partial charge < -0.3 is 10.1 Å². The van der Waals surface area contributed by atoms with Gasteiger partial charge in [-0.25, -0.2) is 4.39 Å². The minimum Gasteiger partial charge on any atom is -0.487 e. The molecule has 0 saturated carbocycles. The van der Waals surface area contributed by atoms with Crippen LogP contribution in [0.3, 0.4) is 0 Å². The van der Waals surface area contributed by atoms with Crippen LogP contribution in [0.15, 0.2) is 24.3 Å². The van der Waals surface area contributed by atoms with Gasteiger partial charge in [-0.15, -0.1) is 0 Å². The van der Waals surface area contributed by atoms with Gasteiger partial charge in [0.2, 0.25) is 0 Å². The normalized spacial score (nSPS) is 11.1. The Morgan fingerprint density at radius 2 is 2.05 bits per heavy atom. The van der Waals surface area contributed by atoms with Crippen LogP contribution in [0.2, 0.25) is 0 Å². The largest absolute Gasteiger partial charge is 0.487 e. The van der Waals surface area contributed by atoms with E-state index in [2.05, 4.69) is 24.3 Å². The smallest absolute Gasteiger partial charge is 0.130 e. The predicted molar refractivity (Wildman–Crippen MR) is 80.7 cm³/mol. The first-order chi connectivity index (χ1) is 9.94. The summed E-state index contributed by atoms with van der Waals surface area (Å²) < 4.78 is 21.1. The Kier molecular flexibility index (Phi) is 4.96. The maximum absolute atomic E-state index is 13.6. The summed E-state index contributed by atoms with van der Waals surface area (Å²) in [6, 6.07) is 7.11. The van der Waals surface area contributed by atoms with Crippen LogP contribution in [-0.2, 0) is 20.2 Å². The van der Waals surface area contributed by atoms with E-state index in [1.807, 2.05) is 26.1 Å². The highest BCUT2D eigenvalue weighted by atomic mass is 19.1. The summed E-state index contributed by atoms with van der Waals surface area (Å²) in [5.74, 6) is 0.253. The molecule has 0 spiro atoms. The van der Waals surface area contributed by atoms with Crippen molar-refractivity contribution in [3.63, 3.8) is 0 Å². The summed E-state index contributed by atoms with van der Waals surface area (Å²) in [5.41, 5.74) is 2.77. The number of halogens is 1. The molecule has 2 aromatic rings. The number of ether oxygens (including phenoxy) is 1. The van der Waals surface area contributed by atoms with Crippen LogP contribution in [0.5, 0.6) is 5.75 Å². The van der Waals surface area contributed by atoms with Crippen LogP contribution in [0, 0.1) is 12.7 Å². The molecule has 0 amide bonds. The third-order valence-electron chi connectivity index (χ3n) is 3.13. The van der Waals surface area contributed by atoms with Gasteiger partial charge in [0.05, 0.1) is 11.4 Å². The zero-order chi connectivity index (χ0) is 15.4. The number of hydrogen-bond acceptors (Lipinski definition) is 3. The Bertz CT molecular complexity index is 608. The Balaban J connectivity index is 2.04. The second-order valence-corrected chi connectivity index (χ2v) is 5.52. The lowest BCUT2D eigenvalue weighted by atomic mass is 10.2. The Morgan fingerprint density at radius 1 is 1.29 bits per heavy atom. The van der Waals surface area contributed by atoms with Crippen molar-refractivity contribution in [3.05, 3.63) is 47.0 Å². The molecular formula is C16H22FN3O. The van der Waals surface area contributed by atoms with Crippen LogP contribution in [0.1, 0.15) is 30.8 Å². The summed E-state index contributed by atoms with van der Waals surface area (Å²) in [5, 5.41) is 7.53. The van der Waals surface area contributed by atoms with E-state index in [0.717, 1.165) is 17.0 Å². The zero-order valence-electron chi connectivity index (χ0n) is 13.0. The average molecular weight is 291 g/mol. The number of aryl methyl sites for hydroxylation is 2. The number of hydrogen-bond donors (Lipinski definition) is 1. The average Bonchev–Trinajstić information content (AvgIpc) is 2.72. The van der Waals surface area contributed by atoms with Crippen LogP contribution < -0.4 is 10.1 Å². The van der Waals surface area contributed by atoms with E-state index in [4.69, 9.17) is 4.74 Å². The minimum absolute atomic E-state index is 0.283. The van der Waals surface area contributed by atoms with Gasteiger partial charge in [-0.2, -0.15) is 5.10 Å². The van der Waals surface area contributed by atoms with Gasteiger partial charge in [-0.3, -0.25) is 4.68 Å². The molecule has 21 heavy (non-hydrogen) atoms. The summed E-state index contributed by atoms with van der Waals surface area (Å²) >= 11 is 0. The molecule has 0 fully saturated rings. The molecule has 0 unspecified atom stereocenters. The number of aromatic nitrogens is 2. The fourth-order valence-corrected chi connectivity index (χ4v) is 2.08. The van der Waals surface area contributed by atoms with Gasteiger partial charge in [0.25, 0.3) is 0 Å². The van der Waals surface area contributed by atoms with Gasteiger partial charge in [0.15, 0.2) is 0 Å². The SMILES string of the molecule is Cc1cc(COc2cc(F)cc(CNC(C)C)c2)n(C)n1. The van der Waals surface area contributed by atoms with Crippen molar-refractivity contribution in [1.29, 1.82) is 0 Å². The zero-order valence-corrected chi connectivity index (χ0v) is 13.0. The van der Waals surface area contributed by atoms with E-state index >= 15 is 0 Å². The molecule has 2 rings (SSSR count). The molecule has 1 N–H and O–H groups in total. The number of rotatable bonds is 6. The van der Waals surface area contributed by atoms with Crippen molar-refractivity contribution in [1.82, 2.24) is 15.1 Å². The second-order valence-electron chi connectivity index (χ2n) is 5.52. The highest BCUT2D eigenvalue weighted by Gasteiger charge is 2.06. The van der Waals surface area contributed by atoms with Crippen molar-refractivity contribution < 1.29 is 9.13 Å². The molecule has 0 bridgehead atoms. The first-order valence-corrected chi connectivity index (χ1v) is 7.09. The van der Waals surface area contributed by atoms with Gasteiger partial charge in [-0.05, 0) is 30.7 Å². The first-order valence-electron chi connectivity index (χ1n) is 7.09. The van der Waals surface area contributed by atoms with E-state index in [9.17, 15) is 4.39 Å². The summed E-state index contributed by atoms with van der Waals surface area (Å²) in [7, 11) is 1.87. The van der Waals surface area contributed by atoms with E-state index in [1.165, 1.54) is 12.1 Å². The quantitative estimate of drug-likeness (QED) is 0.889. The fraction of sp³-hybridized carbons (Fsp3) is 0.438. The summed E-state index contributed by atoms with van der Waals surface area (Å²) in [6.07, 6.45) is 0. The van der Waals surface area contributed by atoms with Gasteiger partial charge in [0.1, 0.15) is 18.2 Å². The Labute approximate surface area is 124 Å². The second kappa shape index (κ2) is 6.72. The number of nitrogens with zero attached hydrogens (tertiary/aromatic N) is 2. The maximum Gasteiger partial charge on any atom is 0.130 e. The van der Waals surface area contributed by atoms with E-state index in [1.54, 1.807) is 4.68 Å². The molecule has 1 heterocycles. The summed E-state index contributed by atoms with van der Waals surface area (Å²) in [6.45, 7) is 7.04. The molecular weight excluding hydrogens is 269 g/mol. The standard InChI is InChI=1S/C16H22FN3O/c1-11(2)18-9-13-6-14(17)8-16(7-13)21-10-15-5-12(3)19-20(15)4/h5-8,11,18H,9-10H2,1-4H3. The van der Waals surface area contributed by atoms with Crippen LogP contribution >= 0.6 is 0 Å². The predicted octanol–water partition coefficient (Wildman–Crippen LogP) is 2.94. The number of benzene rings is 1.